The first-order chi connectivity index (χ1) is 13.1. The van der Waals surface area contributed by atoms with Gasteiger partial charge in [-0.25, -0.2) is 9.59 Å². The van der Waals surface area contributed by atoms with E-state index < -0.39 is 29.8 Å². The van der Waals surface area contributed by atoms with Crippen LogP contribution in [0.3, 0.4) is 0 Å². The molecular formula is C18H25N3O6S. The highest BCUT2D eigenvalue weighted by Gasteiger charge is 2.28. The second kappa shape index (κ2) is 10.6. The summed E-state index contributed by atoms with van der Waals surface area (Å²) < 4.78 is 10.1. The van der Waals surface area contributed by atoms with Gasteiger partial charge in [0, 0.05) is 0 Å². The molecule has 28 heavy (non-hydrogen) atoms. The maximum Gasteiger partial charge on any atom is 0.348 e. The van der Waals surface area contributed by atoms with Gasteiger partial charge in [0.25, 0.3) is 0 Å². The Hall–Kier alpha value is -2.72. The van der Waals surface area contributed by atoms with E-state index >= 15 is 0 Å². The highest BCUT2D eigenvalue weighted by molar-refractivity contribution is 7.18. The molecular weight excluding hydrogens is 386 g/mol. The molecule has 0 bridgehead atoms. The Morgan fingerprint density at radius 3 is 2.46 bits per heavy atom. The van der Waals surface area contributed by atoms with E-state index in [0.29, 0.717) is 5.56 Å². The smallest absolute Gasteiger partial charge is 0.348 e. The molecule has 9 nitrogen and oxygen atoms in total. The van der Waals surface area contributed by atoms with Crippen molar-refractivity contribution >= 4 is 40.1 Å². The fourth-order valence-electron chi connectivity index (χ4n) is 2.19. The molecule has 3 N–H and O–H groups in total. The van der Waals surface area contributed by atoms with E-state index in [1.165, 1.54) is 11.0 Å². The number of carbonyl (C=O) groups is 4. The van der Waals surface area contributed by atoms with Gasteiger partial charge in [0.15, 0.2) is 0 Å². The zero-order valence-corrected chi connectivity index (χ0v) is 17.2. The number of thiophene rings is 1. The molecule has 0 aliphatic carbocycles. The molecule has 0 aromatic carbocycles. The van der Waals surface area contributed by atoms with Gasteiger partial charge in [-0.2, -0.15) is 0 Å². The van der Waals surface area contributed by atoms with E-state index in [4.69, 9.17) is 15.2 Å². The minimum atomic E-state index is -0.659. The largest absolute Gasteiger partial charge is 0.462 e. The molecule has 1 heterocycles. The monoisotopic (exact) mass is 411 g/mol. The van der Waals surface area contributed by atoms with Crippen molar-refractivity contribution in [2.24, 2.45) is 5.73 Å². The van der Waals surface area contributed by atoms with E-state index in [-0.39, 0.29) is 35.2 Å². The topological polar surface area (TPSA) is 128 Å². The lowest BCUT2D eigenvalue weighted by atomic mass is 10.1. The Bertz CT molecular complexity index is 774. The van der Waals surface area contributed by atoms with E-state index in [9.17, 15) is 19.2 Å². The van der Waals surface area contributed by atoms with Gasteiger partial charge in [-0.1, -0.05) is 12.7 Å². The number of esters is 2. The van der Waals surface area contributed by atoms with Crippen molar-refractivity contribution in [3.05, 3.63) is 28.7 Å². The summed E-state index contributed by atoms with van der Waals surface area (Å²) >= 11 is 0.917. The van der Waals surface area contributed by atoms with E-state index in [1.807, 2.05) is 0 Å². The number of rotatable bonds is 10. The van der Waals surface area contributed by atoms with Crippen molar-refractivity contribution in [2.75, 3.05) is 32.1 Å². The Labute approximate surface area is 167 Å². The zero-order valence-electron chi connectivity index (χ0n) is 16.4. The molecule has 0 unspecified atom stereocenters. The minimum absolute atomic E-state index is 0.0163. The van der Waals surface area contributed by atoms with Gasteiger partial charge >= 0.3 is 11.9 Å². The maximum absolute atomic E-state index is 12.4. The Balaban J connectivity index is 3.12. The third-order valence-corrected chi connectivity index (χ3v) is 5.05. The van der Waals surface area contributed by atoms with Gasteiger partial charge in [0.05, 0.1) is 24.8 Å². The van der Waals surface area contributed by atoms with Crippen LogP contribution in [-0.2, 0) is 19.1 Å². The van der Waals surface area contributed by atoms with Crippen LogP contribution >= 0.6 is 11.3 Å². The highest BCUT2D eigenvalue weighted by atomic mass is 32.1. The van der Waals surface area contributed by atoms with E-state index in [2.05, 4.69) is 11.9 Å². The number of carbonyl (C=O) groups excluding carboxylic acids is 4. The number of hydrogen-bond acceptors (Lipinski definition) is 8. The Kier molecular flexibility index (Phi) is 8.80. The summed E-state index contributed by atoms with van der Waals surface area (Å²) in [4.78, 5) is 49.8. The van der Waals surface area contributed by atoms with Crippen LogP contribution in [0, 0.1) is 6.92 Å². The highest BCUT2D eigenvalue weighted by Crippen LogP contribution is 2.34. The molecule has 0 spiro atoms. The maximum atomic E-state index is 12.4. The van der Waals surface area contributed by atoms with Gasteiger partial charge in [-0.15, -0.1) is 11.3 Å². The van der Waals surface area contributed by atoms with Crippen LogP contribution in [0.1, 0.15) is 39.4 Å². The van der Waals surface area contributed by atoms with Crippen molar-refractivity contribution in [3.8, 4) is 0 Å². The standard InChI is InChI=1S/C18H25N3O6S/c1-6-8-27-18(25)14-10(3)13(17(24)26-7-2)16(28-14)20-12(22)9-21(5)11(4)15(19)23/h6,11H,1,7-9H2,2-5H3,(H2,19,23)(H,20,22)/t11-/m1/s1. The molecule has 0 aliphatic heterocycles. The van der Waals surface area contributed by atoms with E-state index in [0.717, 1.165) is 11.3 Å². The number of nitrogens with zero attached hydrogens (tertiary/aromatic N) is 1. The summed E-state index contributed by atoms with van der Waals surface area (Å²) in [5.41, 5.74) is 5.68. The molecule has 1 atom stereocenters. The van der Waals surface area contributed by atoms with Gasteiger partial charge in [-0.3, -0.25) is 14.5 Å². The minimum Gasteiger partial charge on any atom is -0.462 e. The Morgan fingerprint density at radius 2 is 1.93 bits per heavy atom. The van der Waals surface area contributed by atoms with Crippen molar-refractivity contribution in [2.45, 2.75) is 26.8 Å². The molecule has 1 aromatic heterocycles. The summed E-state index contributed by atoms with van der Waals surface area (Å²) in [5.74, 6) is -2.34. The first-order valence-electron chi connectivity index (χ1n) is 8.51. The lowest BCUT2D eigenvalue weighted by Gasteiger charge is -2.21. The molecule has 1 rings (SSSR count). The quantitative estimate of drug-likeness (QED) is 0.439. The normalized spacial score (nSPS) is 11.6. The Morgan fingerprint density at radius 1 is 1.29 bits per heavy atom. The van der Waals surface area contributed by atoms with Crippen LogP contribution in [0.15, 0.2) is 12.7 Å². The van der Waals surface area contributed by atoms with Crippen molar-refractivity contribution in [1.82, 2.24) is 4.90 Å². The fourth-order valence-corrected chi connectivity index (χ4v) is 3.30. The number of primary amides is 1. The molecule has 10 heteroatoms. The van der Waals surface area contributed by atoms with Gasteiger partial charge in [-0.05, 0) is 33.4 Å². The average molecular weight is 411 g/mol. The number of anilines is 1. The van der Waals surface area contributed by atoms with Crippen LogP contribution in [0.25, 0.3) is 0 Å². The predicted octanol–water partition coefficient (Wildman–Crippen LogP) is 1.32. The van der Waals surface area contributed by atoms with Crippen molar-refractivity contribution < 1.29 is 28.7 Å². The zero-order chi connectivity index (χ0) is 21.4. The lowest BCUT2D eigenvalue weighted by Crippen LogP contribution is -2.43. The van der Waals surface area contributed by atoms with Crippen LogP contribution < -0.4 is 11.1 Å². The molecule has 154 valence electrons. The second-order valence-corrected chi connectivity index (χ2v) is 6.93. The van der Waals surface area contributed by atoms with Gasteiger partial charge < -0.3 is 20.5 Å². The van der Waals surface area contributed by atoms with E-state index in [1.54, 1.807) is 27.8 Å². The summed E-state index contributed by atoms with van der Waals surface area (Å²) in [6, 6.07) is -0.648. The number of hydrogen-bond donors (Lipinski definition) is 2. The number of likely N-dealkylation sites (N-methyl/N-ethyl adjacent to an activating group) is 1. The molecule has 0 saturated carbocycles. The molecule has 1 aromatic rings. The third kappa shape index (κ3) is 5.89. The fraction of sp³-hybridized carbons (Fsp3) is 0.444. The second-order valence-electron chi connectivity index (χ2n) is 5.91. The average Bonchev–Trinajstić information content (AvgIpc) is 2.94. The molecule has 0 radical (unpaired) electrons. The van der Waals surface area contributed by atoms with Crippen molar-refractivity contribution in [1.29, 1.82) is 0 Å². The van der Waals surface area contributed by atoms with Crippen molar-refractivity contribution in [3.63, 3.8) is 0 Å². The lowest BCUT2D eigenvalue weighted by molar-refractivity contribution is -0.123. The molecule has 0 fully saturated rings. The summed E-state index contributed by atoms with van der Waals surface area (Å²) in [5, 5.41) is 2.78. The summed E-state index contributed by atoms with van der Waals surface area (Å²) in [7, 11) is 1.57. The molecule has 0 saturated heterocycles. The van der Waals surface area contributed by atoms with Crippen LogP contribution in [-0.4, -0.2) is 61.5 Å². The number of ether oxygens (including phenoxy) is 2. The number of amides is 2. The third-order valence-electron chi connectivity index (χ3n) is 3.86. The molecule has 2 amide bonds. The SMILES string of the molecule is C=CCOC(=O)c1sc(NC(=O)CN(C)[C@H](C)C(N)=O)c(C(=O)OCC)c1C. The molecule has 0 aliphatic rings. The first kappa shape index (κ1) is 23.3. The number of nitrogens with two attached hydrogens (primary N) is 1. The van der Waals surface area contributed by atoms with Crippen LogP contribution in [0.2, 0.25) is 0 Å². The predicted molar refractivity (Wildman–Crippen MR) is 105 cm³/mol. The van der Waals surface area contributed by atoms with Gasteiger partial charge in [0.2, 0.25) is 11.8 Å². The van der Waals surface area contributed by atoms with Crippen LogP contribution in [0.4, 0.5) is 5.00 Å². The summed E-state index contributed by atoms with van der Waals surface area (Å²) in [6.45, 7) is 8.28. The first-order valence-corrected chi connectivity index (χ1v) is 9.33. The summed E-state index contributed by atoms with van der Waals surface area (Å²) in [6.07, 6.45) is 1.42. The van der Waals surface area contributed by atoms with Crippen LogP contribution in [0.5, 0.6) is 0 Å². The number of nitrogens with one attached hydrogen (secondary N) is 1. The van der Waals surface area contributed by atoms with Gasteiger partial charge in [0.1, 0.15) is 16.5 Å².